The van der Waals surface area contributed by atoms with Gasteiger partial charge < -0.3 is 10.2 Å². The number of carbonyl (C=O) groups is 2. The molecule has 1 N–H and O–H groups in total. The highest BCUT2D eigenvalue weighted by Gasteiger charge is 2.30. The molecule has 2 amide bonds. The molecule has 1 atom stereocenters. The van der Waals surface area contributed by atoms with Gasteiger partial charge in [0.1, 0.15) is 6.04 Å². The number of anilines is 1. The Kier molecular flexibility index (Phi) is 11.7. The lowest BCUT2D eigenvalue weighted by atomic mass is 10.1. The average Bonchev–Trinajstić information content (AvgIpc) is 2.81. The van der Waals surface area contributed by atoms with Crippen molar-refractivity contribution >= 4 is 50.7 Å². The Morgan fingerprint density at radius 2 is 1.68 bits per heavy atom. The molecule has 0 saturated carbocycles. The molecule has 0 fully saturated rings. The average molecular weight is 571 g/mol. The normalized spacial score (nSPS) is 12.3. The van der Waals surface area contributed by atoms with Gasteiger partial charge in [0.25, 0.3) is 0 Å². The van der Waals surface area contributed by atoms with Crippen LogP contribution in [0.1, 0.15) is 51.2 Å². The number of nitrogens with zero attached hydrogens (tertiary/aromatic N) is 2. The second-order valence-corrected chi connectivity index (χ2v) is 12.3. The molecule has 0 aliphatic heterocycles. The van der Waals surface area contributed by atoms with E-state index in [1.165, 1.54) is 9.21 Å². The van der Waals surface area contributed by atoms with Crippen LogP contribution in [-0.4, -0.2) is 50.5 Å². The van der Waals surface area contributed by atoms with Crippen LogP contribution in [0.2, 0.25) is 10.0 Å². The van der Waals surface area contributed by atoms with Crippen LogP contribution in [0.3, 0.4) is 0 Å². The maximum atomic E-state index is 13.5. The molecule has 10 heteroatoms. The Morgan fingerprint density at radius 3 is 2.22 bits per heavy atom. The van der Waals surface area contributed by atoms with E-state index in [0.29, 0.717) is 34.3 Å². The summed E-state index contributed by atoms with van der Waals surface area (Å²) in [6.07, 6.45) is 1.87. The highest BCUT2D eigenvalue weighted by atomic mass is 35.5. The second-order valence-electron chi connectivity index (χ2n) is 9.56. The van der Waals surface area contributed by atoms with E-state index in [-0.39, 0.29) is 43.7 Å². The van der Waals surface area contributed by atoms with Crippen LogP contribution in [0.15, 0.2) is 42.5 Å². The molecule has 2 aromatic rings. The smallest absolute Gasteiger partial charge is 0.242 e. The van der Waals surface area contributed by atoms with Crippen LogP contribution in [0, 0.1) is 12.8 Å². The summed E-state index contributed by atoms with van der Waals surface area (Å²) in [5.74, 6) is -0.266. The molecule has 7 nitrogen and oxygen atoms in total. The van der Waals surface area contributed by atoms with Gasteiger partial charge in [-0.3, -0.25) is 13.9 Å². The SMILES string of the molecule is CC[C@@H](C(=O)NCC(C)C)N(Cc1c(Cl)cccc1Cl)C(=O)CCCN(c1cccc(C)c1)S(C)(=O)=O. The fourth-order valence-corrected chi connectivity index (χ4v) is 5.46. The number of rotatable bonds is 13. The summed E-state index contributed by atoms with van der Waals surface area (Å²) < 4.78 is 26.3. The summed E-state index contributed by atoms with van der Waals surface area (Å²) in [6.45, 7) is 8.41. The fraction of sp³-hybridized carbons (Fsp3) is 0.481. The molecule has 2 rings (SSSR count). The molecule has 204 valence electrons. The van der Waals surface area contributed by atoms with Crippen LogP contribution in [0.25, 0.3) is 0 Å². The van der Waals surface area contributed by atoms with Gasteiger partial charge in [-0.05, 0) is 55.5 Å². The van der Waals surface area contributed by atoms with Crippen molar-refractivity contribution in [3.8, 4) is 0 Å². The van der Waals surface area contributed by atoms with E-state index in [1.807, 2.05) is 33.8 Å². The zero-order chi connectivity index (χ0) is 27.8. The van der Waals surface area contributed by atoms with Gasteiger partial charge >= 0.3 is 0 Å². The third kappa shape index (κ3) is 9.20. The van der Waals surface area contributed by atoms with Crippen LogP contribution in [0.5, 0.6) is 0 Å². The number of sulfonamides is 1. The fourth-order valence-electron chi connectivity index (χ4n) is 3.98. The summed E-state index contributed by atoms with van der Waals surface area (Å²) in [4.78, 5) is 28.1. The van der Waals surface area contributed by atoms with Crippen LogP contribution < -0.4 is 9.62 Å². The zero-order valence-corrected chi connectivity index (χ0v) is 24.5. The molecule has 0 radical (unpaired) electrons. The lowest BCUT2D eigenvalue weighted by molar-refractivity contribution is -0.141. The molecule has 0 saturated heterocycles. The molecule has 0 spiro atoms. The van der Waals surface area contributed by atoms with Crippen molar-refractivity contribution in [3.05, 3.63) is 63.6 Å². The van der Waals surface area contributed by atoms with E-state index >= 15 is 0 Å². The number of nitrogens with one attached hydrogen (secondary N) is 1. The summed E-state index contributed by atoms with van der Waals surface area (Å²) in [5, 5.41) is 3.73. The molecule has 37 heavy (non-hydrogen) atoms. The molecular formula is C27H37Cl2N3O4S. The molecule has 0 aliphatic carbocycles. The van der Waals surface area contributed by atoms with E-state index in [2.05, 4.69) is 5.32 Å². The number of aryl methyl sites for hydroxylation is 1. The third-order valence-electron chi connectivity index (χ3n) is 5.90. The molecule has 0 aliphatic rings. The summed E-state index contributed by atoms with van der Waals surface area (Å²) >= 11 is 12.8. The molecule has 0 heterocycles. The van der Waals surface area contributed by atoms with Crippen molar-refractivity contribution in [2.24, 2.45) is 5.92 Å². The first-order chi connectivity index (χ1) is 17.3. The Balaban J connectivity index is 2.27. The molecule has 2 aromatic carbocycles. The summed E-state index contributed by atoms with van der Waals surface area (Å²) in [6, 6.07) is 11.6. The van der Waals surface area contributed by atoms with Gasteiger partial charge in [0.15, 0.2) is 0 Å². The van der Waals surface area contributed by atoms with Crippen molar-refractivity contribution in [2.45, 2.75) is 59.5 Å². The van der Waals surface area contributed by atoms with Crippen LogP contribution >= 0.6 is 23.2 Å². The Labute approximate surface area is 231 Å². The number of amides is 2. The predicted octanol–water partition coefficient (Wildman–Crippen LogP) is 5.43. The maximum Gasteiger partial charge on any atom is 0.242 e. The van der Waals surface area contributed by atoms with Gasteiger partial charge in [0.2, 0.25) is 21.8 Å². The minimum absolute atomic E-state index is 0.0495. The minimum Gasteiger partial charge on any atom is -0.354 e. The first kappa shape index (κ1) is 30.9. The number of hydrogen-bond donors (Lipinski definition) is 1. The molecule has 0 bridgehead atoms. The van der Waals surface area contributed by atoms with Crippen molar-refractivity contribution in [1.82, 2.24) is 10.2 Å². The summed E-state index contributed by atoms with van der Waals surface area (Å²) in [5.41, 5.74) is 2.05. The lowest BCUT2D eigenvalue weighted by Gasteiger charge is -2.32. The minimum atomic E-state index is -3.55. The quantitative estimate of drug-likeness (QED) is 0.348. The third-order valence-corrected chi connectivity index (χ3v) is 7.80. The highest BCUT2D eigenvalue weighted by Crippen LogP contribution is 2.27. The van der Waals surface area contributed by atoms with Crippen molar-refractivity contribution in [1.29, 1.82) is 0 Å². The first-order valence-electron chi connectivity index (χ1n) is 12.4. The van der Waals surface area contributed by atoms with E-state index in [9.17, 15) is 18.0 Å². The lowest BCUT2D eigenvalue weighted by Crippen LogP contribution is -2.49. The van der Waals surface area contributed by atoms with Gasteiger partial charge in [-0.2, -0.15) is 0 Å². The van der Waals surface area contributed by atoms with Gasteiger partial charge in [-0.25, -0.2) is 8.42 Å². The van der Waals surface area contributed by atoms with Gasteiger partial charge in [-0.15, -0.1) is 0 Å². The maximum absolute atomic E-state index is 13.5. The van der Waals surface area contributed by atoms with Gasteiger partial charge in [0.05, 0.1) is 11.9 Å². The molecule has 0 unspecified atom stereocenters. The monoisotopic (exact) mass is 569 g/mol. The topological polar surface area (TPSA) is 86.8 Å². The van der Waals surface area contributed by atoms with Crippen molar-refractivity contribution in [2.75, 3.05) is 23.7 Å². The zero-order valence-electron chi connectivity index (χ0n) is 22.1. The largest absolute Gasteiger partial charge is 0.354 e. The van der Waals surface area contributed by atoms with Crippen LogP contribution in [0.4, 0.5) is 5.69 Å². The van der Waals surface area contributed by atoms with Crippen LogP contribution in [-0.2, 0) is 26.2 Å². The van der Waals surface area contributed by atoms with E-state index in [0.717, 1.165) is 11.8 Å². The number of hydrogen-bond acceptors (Lipinski definition) is 4. The standard InChI is InChI=1S/C27H37Cl2N3O4S/c1-6-25(27(34)30-17-19(2)3)31(18-22-23(28)12-8-13-24(22)29)26(33)14-9-15-32(37(5,35)36)21-11-7-10-20(4)16-21/h7-8,10-13,16,19,25H,6,9,14-15,17-18H2,1-5H3,(H,30,34)/t25-/m0/s1. The molecule has 0 aromatic heterocycles. The second kappa shape index (κ2) is 14.0. The van der Waals surface area contributed by atoms with Crippen molar-refractivity contribution < 1.29 is 18.0 Å². The van der Waals surface area contributed by atoms with Gasteiger partial charge in [-0.1, -0.05) is 62.2 Å². The van der Waals surface area contributed by atoms with E-state index in [1.54, 1.807) is 36.4 Å². The van der Waals surface area contributed by atoms with Crippen molar-refractivity contribution in [3.63, 3.8) is 0 Å². The van der Waals surface area contributed by atoms with E-state index < -0.39 is 16.1 Å². The predicted molar refractivity (Wildman–Crippen MR) is 152 cm³/mol. The summed E-state index contributed by atoms with van der Waals surface area (Å²) in [7, 11) is -3.55. The Hall–Kier alpha value is -2.29. The number of benzene rings is 2. The molecular weight excluding hydrogens is 533 g/mol. The highest BCUT2D eigenvalue weighted by molar-refractivity contribution is 7.92. The van der Waals surface area contributed by atoms with E-state index in [4.69, 9.17) is 23.2 Å². The van der Waals surface area contributed by atoms with Gasteiger partial charge in [0, 0.05) is 41.7 Å². The first-order valence-corrected chi connectivity index (χ1v) is 15.0. The Morgan fingerprint density at radius 1 is 1.05 bits per heavy atom. The Bertz CT molecular complexity index is 1170. The number of halogens is 2. The number of carbonyl (C=O) groups excluding carboxylic acids is 2.